The van der Waals surface area contributed by atoms with E-state index in [1.807, 2.05) is 13.0 Å². The smallest absolute Gasteiger partial charge is 0.332 e. The number of anilines is 1. The Morgan fingerprint density at radius 3 is 2.67 bits per heavy atom. The van der Waals surface area contributed by atoms with E-state index in [2.05, 4.69) is 30.7 Å². The van der Waals surface area contributed by atoms with Crippen LogP contribution in [0.25, 0.3) is 0 Å². The molecule has 0 aliphatic rings. The summed E-state index contributed by atoms with van der Waals surface area (Å²) >= 11 is 3.37. The number of esters is 1. The molecule has 1 aromatic rings. The quantitative estimate of drug-likeness (QED) is 0.843. The van der Waals surface area contributed by atoms with Crippen molar-refractivity contribution in [2.24, 2.45) is 0 Å². The molecule has 0 atom stereocenters. The Bertz CT molecular complexity index is 448. The number of aryl methyl sites for hydroxylation is 1. The molecule has 98 valence electrons. The van der Waals surface area contributed by atoms with Crippen molar-refractivity contribution in [1.29, 1.82) is 0 Å². The Morgan fingerprint density at radius 1 is 1.33 bits per heavy atom. The van der Waals surface area contributed by atoms with Gasteiger partial charge in [0.1, 0.15) is 6.61 Å². The molecule has 0 radical (unpaired) electrons. The summed E-state index contributed by atoms with van der Waals surface area (Å²) in [6.07, 6.45) is 0. The molecule has 0 aliphatic heterocycles. The van der Waals surface area contributed by atoms with E-state index in [-0.39, 0.29) is 13.2 Å². The molecule has 0 saturated carbocycles. The van der Waals surface area contributed by atoms with Crippen LogP contribution in [-0.2, 0) is 19.1 Å². The van der Waals surface area contributed by atoms with Crippen molar-refractivity contribution in [3.8, 4) is 0 Å². The van der Waals surface area contributed by atoms with Gasteiger partial charge in [0.2, 0.25) is 0 Å². The zero-order chi connectivity index (χ0) is 13.5. The molecule has 0 spiro atoms. The Hall–Kier alpha value is -1.40. The van der Waals surface area contributed by atoms with Gasteiger partial charge in [-0.2, -0.15) is 0 Å². The van der Waals surface area contributed by atoms with Gasteiger partial charge in [0.15, 0.2) is 6.61 Å². The zero-order valence-electron chi connectivity index (χ0n) is 10.2. The number of amides is 1. The average Bonchev–Trinajstić information content (AvgIpc) is 2.32. The second-order valence-electron chi connectivity index (χ2n) is 3.61. The summed E-state index contributed by atoms with van der Waals surface area (Å²) in [5.74, 6) is -0.965. The molecule has 1 aromatic carbocycles. The van der Waals surface area contributed by atoms with Gasteiger partial charge in [-0.05, 0) is 24.6 Å². The lowest BCUT2D eigenvalue weighted by Gasteiger charge is -2.07. The molecule has 1 amide bonds. The highest BCUT2D eigenvalue weighted by molar-refractivity contribution is 9.10. The van der Waals surface area contributed by atoms with E-state index in [0.717, 1.165) is 10.0 Å². The summed E-state index contributed by atoms with van der Waals surface area (Å²) in [6, 6.07) is 5.43. The Morgan fingerprint density at radius 2 is 2.06 bits per heavy atom. The van der Waals surface area contributed by atoms with Crippen LogP contribution in [0.2, 0.25) is 0 Å². The predicted octanol–water partition coefficient (Wildman–Crippen LogP) is 1.89. The first kappa shape index (κ1) is 14.7. The molecule has 0 fully saturated rings. The molecule has 18 heavy (non-hydrogen) atoms. The topological polar surface area (TPSA) is 64.6 Å². The number of hydrogen-bond donors (Lipinski definition) is 1. The van der Waals surface area contributed by atoms with Crippen molar-refractivity contribution in [3.63, 3.8) is 0 Å². The van der Waals surface area contributed by atoms with Gasteiger partial charge in [0.05, 0.1) is 0 Å². The van der Waals surface area contributed by atoms with Crippen LogP contribution in [0, 0.1) is 6.92 Å². The van der Waals surface area contributed by atoms with E-state index >= 15 is 0 Å². The zero-order valence-corrected chi connectivity index (χ0v) is 11.7. The standard InChI is InChI=1S/C12H14BrNO4/c1-8-3-4-9(5-10(8)13)14-11(15)6-18-12(16)7-17-2/h3-5H,6-7H2,1-2H3,(H,14,15). The minimum Gasteiger partial charge on any atom is -0.454 e. The molecule has 0 aromatic heterocycles. The third-order valence-electron chi connectivity index (χ3n) is 2.08. The fraction of sp³-hybridized carbons (Fsp3) is 0.333. The first-order valence-electron chi connectivity index (χ1n) is 5.23. The predicted molar refractivity (Wildman–Crippen MR) is 70.3 cm³/mol. The normalized spacial score (nSPS) is 9.94. The van der Waals surface area contributed by atoms with Gasteiger partial charge < -0.3 is 14.8 Å². The van der Waals surface area contributed by atoms with Gasteiger partial charge in [-0.3, -0.25) is 4.79 Å². The number of methoxy groups -OCH3 is 1. The summed E-state index contributed by atoms with van der Waals surface area (Å²) in [7, 11) is 1.38. The molecule has 0 aliphatic carbocycles. The fourth-order valence-electron chi connectivity index (χ4n) is 1.17. The van der Waals surface area contributed by atoms with Crippen molar-refractivity contribution in [3.05, 3.63) is 28.2 Å². The van der Waals surface area contributed by atoms with E-state index in [1.165, 1.54) is 7.11 Å². The fourth-order valence-corrected chi connectivity index (χ4v) is 1.55. The second kappa shape index (κ2) is 7.13. The number of ether oxygens (including phenoxy) is 2. The van der Waals surface area contributed by atoms with Gasteiger partial charge in [0.25, 0.3) is 5.91 Å². The van der Waals surface area contributed by atoms with E-state index in [0.29, 0.717) is 5.69 Å². The third-order valence-corrected chi connectivity index (χ3v) is 2.94. The largest absolute Gasteiger partial charge is 0.454 e. The molecule has 1 rings (SSSR count). The van der Waals surface area contributed by atoms with Crippen molar-refractivity contribution in [2.75, 3.05) is 25.6 Å². The number of halogens is 1. The van der Waals surface area contributed by atoms with Gasteiger partial charge in [-0.1, -0.05) is 22.0 Å². The van der Waals surface area contributed by atoms with Crippen LogP contribution in [0.3, 0.4) is 0 Å². The molecular weight excluding hydrogens is 302 g/mol. The lowest BCUT2D eigenvalue weighted by Crippen LogP contribution is -2.22. The molecule has 1 N–H and O–H groups in total. The van der Waals surface area contributed by atoms with Crippen LogP contribution in [-0.4, -0.2) is 32.2 Å². The number of rotatable bonds is 5. The van der Waals surface area contributed by atoms with E-state index in [1.54, 1.807) is 12.1 Å². The van der Waals surface area contributed by atoms with E-state index in [9.17, 15) is 9.59 Å². The summed E-state index contributed by atoms with van der Waals surface area (Å²) in [5.41, 5.74) is 1.71. The molecule has 6 heteroatoms. The van der Waals surface area contributed by atoms with Crippen LogP contribution in [0.5, 0.6) is 0 Å². The monoisotopic (exact) mass is 315 g/mol. The molecule has 0 saturated heterocycles. The van der Waals surface area contributed by atoms with Crippen molar-refractivity contribution < 1.29 is 19.1 Å². The van der Waals surface area contributed by atoms with Crippen LogP contribution in [0.4, 0.5) is 5.69 Å². The maximum Gasteiger partial charge on any atom is 0.332 e. The van der Waals surface area contributed by atoms with Crippen LogP contribution >= 0.6 is 15.9 Å². The maximum absolute atomic E-state index is 11.5. The molecule has 5 nitrogen and oxygen atoms in total. The molecular formula is C12H14BrNO4. The van der Waals surface area contributed by atoms with Gasteiger partial charge in [-0.15, -0.1) is 0 Å². The van der Waals surface area contributed by atoms with Gasteiger partial charge in [-0.25, -0.2) is 4.79 Å². The maximum atomic E-state index is 11.5. The van der Waals surface area contributed by atoms with E-state index in [4.69, 9.17) is 0 Å². The van der Waals surface area contributed by atoms with Crippen LogP contribution < -0.4 is 5.32 Å². The molecule has 0 bridgehead atoms. The minimum atomic E-state index is -0.572. The second-order valence-corrected chi connectivity index (χ2v) is 4.46. The average molecular weight is 316 g/mol. The number of carbonyl (C=O) groups is 2. The molecule has 0 heterocycles. The van der Waals surface area contributed by atoms with Crippen LogP contribution in [0.1, 0.15) is 5.56 Å². The summed E-state index contributed by atoms with van der Waals surface area (Å²) < 4.78 is 10.2. The molecule has 0 unspecified atom stereocenters. The summed E-state index contributed by atoms with van der Waals surface area (Å²) in [5, 5.41) is 2.62. The van der Waals surface area contributed by atoms with E-state index < -0.39 is 11.9 Å². The van der Waals surface area contributed by atoms with Gasteiger partial charge >= 0.3 is 5.97 Å². The highest BCUT2D eigenvalue weighted by Gasteiger charge is 2.07. The Kier molecular flexibility index (Phi) is 5.80. The van der Waals surface area contributed by atoms with Crippen molar-refractivity contribution >= 4 is 33.5 Å². The SMILES string of the molecule is COCC(=O)OCC(=O)Nc1ccc(C)c(Br)c1. The lowest BCUT2D eigenvalue weighted by atomic mass is 10.2. The number of carbonyl (C=O) groups excluding carboxylic acids is 2. The van der Waals surface area contributed by atoms with Crippen molar-refractivity contribution in [2.45, 2.75) is 6.92 Å². The number of benzene rings is 1. The lowest BCUT2D eigenvalue weighted by molar-refractivity contribution is -0.150. The summed E-state index contributed by atoms with van der Waals surface area (Å²) in [4.78, 5) is 22.4. The summed E-state index contributed by atoms with van der Waals surface area (Å²) in [6.45, 7) is 1.46. The van der Waals surface area contributed by atoms with Crippen molar-refractivity contribution in [1.82, 2.24) is 0 Å². The minimum absolute atomic E-state index is 0.163. The number of hydrogen-bond acceptors (Lipinski definition) is 4. The Balaban J connectivity index is 2.44. The highest BCUT2D eigenvalue weighted by atomic mass is 79.9. The Labute approximate surface area is 114 Å². The first-order valence-corrected chi connectivity index (χ1v) is 6.03. The number of nitrogens with one attached hydrogen (secondary N) is 1. The van der Waals surface area contributed by atoms with Gasteiger partial charge in [0, 0.05) is 17.3 Å². The first-order chi connectivity index (χ1) is 8.52. The van der Waals surface area contributed by atoms with Crippen LogP contribution in [0.15, 0.2) is 22.7 Å². The third kappa shape index (κ3) is 4.85. The highest BCUT2D eigenvalue weighted by Crippen LogP contribution is 2.20.